The van der Waals surface area contributed by atoms with Crippen LogP contribution >= 0.6 is 0 Å². The summed E-state index contributed by atoms with van der Waals surface area (Å²) in [5, 5.41) is 0. The van der Waals surface area contributed by atoms with Gasteiger partial charge in [-0.25, -0.2) is 4.98 Å². The molecule has 1 aromatic heterocycles. The summed E-state index contributed by atoms with van der Waals surface area (Å²) in [6.45, 7) is 10.9. The number of carbonyl (C=O) groups excluding carboxylic acids is 1. The molecule has 1 fully saturated rings. The van der Waals surface area contributed by atoms with Crippen molar-refractivity contribution in [1.29, 1.82) is 0 Å². The molecule has 0 atom stereocenters. The lowest BCUT2D eigenvalue weighted by Gasteiger charge is -2.21. The van der Waals surface area contributed by atoms with Crippen molar-refractivity contribution in [3.05, 3.63) is 47.6 Å². The van der Waals surface area contributed by atoms with Gasteiger partial charge in [-0.3, -0.25) is 14.7 Å². The molecule has 5 heteroatoms. The number of carbonyl (C=O) groups is 1. The lowest BCUT2D eigenvalue weighted by atomic mass is 10.1. The number of aromatic nitrogens is 2. The van der Waals surface area contributed by atoms with E-state index in [0.717, 1.165) is 52.0 Å². The smallest absolute Gasteiger partial charge is 0.274 e. The van der Waals surface area contributed by atoms with Gasteiger partial charge in [-0.15, -0.1) is 0 Å². The zero-order chi connectivity index (χ0) is 18.1. The largest absolute Gasteiger partial charge is 0.336 e. The Morgan fingerprint density at radius 1 is 1.12 bits per heavy atom. The van der Waals surface area contributed by atoms with Gasteiger partial charge in [-0.1, -0.05) is 23.3 Å². The third-order valence-electron chi connectivity index (χ3n) is 4.45. The van der Waals surface area contributed by atoms with Crippen LogP contribution in [0.25, 0.3) is 0 Å². The van der Waals surface area contributed by atoms with Crippen molar-refractivity contribution < 1.29 is 4.79 Å². The second-order valence-electron chi connectivity index (χ2n) is 6.91. The summed E-state index contributed by atoms with van der Waals surface area (Å²) in [5.74, 6) is -0.0107. The fourth-order valence-corrected chi connectivity index (χ4v) is 2.90. The van der Waals surface area contributed by atoms with Gasteiger partial charge in [0.2, 0.25) is 0 Å². The first-order chi connectivity index (χ1) is 12.1. The maximum absolute atomic E-state index is 12.5. The van der Waals surface area contributed by atoms with E-state index in [1.807, 2.05) is 4.90 Å². The first-order valence-corrected chi connectivity index (χ1v) is 9.13. The normalized spacial score (nSPS) is 16.4. The van der Waals surface area contributed by atoms with Gasteiger partial charge in [0.05, 0.1) is 6.20 Å². The third kappa shape index (κ3) is 6.78. The molecule has 0 bridgehead atoms. The van der Waals surface area contributed by atoms with Gasteiger partial charge in [0.1, 0.15) is 5.69 Å². The topological polar surface area (TPSA) is 49.3 Å². The summed E-state index contributed by atoms with van der Waals surface area (Å²) in [7, 11) is 0. The van der Waals surface area contributed by atoms with E-state index in [4.69, 9.17) is 0 Å². The fourth-order valence-electron chi connectivity index (χ4n) is 2.90. The van der Waals surface area contributed by atoms with Gasteiger partial charge in [-0.05, 0) is 40.0 Å². The van der Waals surface area contributed by atoms with Crippen LogP contribution in [0.2, 0.25) is 0 Å². The molecule has 2 rings (SSSR count). The first kappa shape index (κ1) is 19.3. The summed E-state index contributed by atoms with van der Waals surface area (Å²) in [5.41, 5.74) is 3.26. The lowest BCUT2D eigenvalue weighted by molar-refractivity contribution is 0.0755. The molecule has 1 aliphatic heterocycles. The average molecular weight is 342 g/mol. The highest BCUT2D eigenvalue weighted by molar-refractivity contribution is 5.91. The Morgan fingerprint density at radius 3 is 2.68 bits per heavy atom. The Morgan fingerprint density at radius 2 is 1.96 bits per heavy atom. The highest BCUT2D eigenvalue weighted by Gasteiger charge is 2.20. The Hall–Kier alpha value is -2.01. The summed E-state index contributed by atoms with van der Waals surface area (Å²) in [4.78, 5) is 24.9. The average Bonchev–Trinajstić information content (AvgIpc) is 2.85. The summed E-state index contributed by atoms with van der Waals surface area (Å²) < 4.78 is 0. The molecule has 25 heavy (non-hydrogen) atoms. The molecule has 5 nitrogen and oxygen atoms in total. The molecular formula is C20H30N4O. The van der Waals surface area contributed by atoms with Crippen LogP contribution < -0.4 is 0 Å². The molecule has 1 amide bonds. The second kappa shape index (κ2) is 10.1. The highest BCUT2D eigenvalue weighted by atomic mass is 16.2. The summed E-state index contributed by atoms with van der Waals surface area (Å²) in [6.07, 6.45) is 12.6. The fraction of sp³-hybridized carbons (Fsp3) is 0.550. The van der Waals surface area contributed by atoms with Crippen LogP contribution in [-0.4, -0.2) is 58.4 Å². The van der Waals surface area contributed by atoms with Crippen molar-refractivity contribution in [3.8, 4) is 0 Å². The van der Waals surface area contributed by atoms with E-state index in [1.165, 1.54) is 11.1 Å². The Bertz CT molecular complexity index is 605. The van der Waals surface area contributed by atoms with Crippen molar-refractivity contribution >= 4 is 5.91 Å². The van der Waals surface area contributed by atoms with E-state index in [9.17, 15) is 4.79 Å². The monoisotopic (exact) mass is 342 g/mol. The van der Waals surface area contributed by atoms with E-state index in [0.29, 0.717) is 5.69 Å². The highest BCUT2D eigenvalue weighted by Crippen LogP contribution is 2.10. The third-order valence-corrected chi connectivity index (χ3v) is 4.45. The van der Waals surface area contributed by atoms with Gasteiger partial charge in [0, 0.05) is 45.1 Å². The Kier molecular flexibility index (Phi) is 7.79. The number of amides is 1. The van der Waals surface area contributed by atoms with Crippen LogP contribution in [0.5, 0.6) is 0 Å². The molecule has 1 saturated heterocycles. The first-order valence-electron chi connectivity index (χ1n) is 9.13. The van der Waals surface area contributed by atoms with Gasteiger partial charge >= 0.3 is 0 Å². The predicted octanol–water partition coefficient (Wildman–Crippen LogP) is 3.32. The minimum absolute atomic E-state index is 0.0107. The number of nitrogens with zero attached hydrogens (tertiary/aromatic N) is 4. The molecule has 2 heterocycles. The van der Waals surface area contributed by atoms with Crippen molar-refractivity contribution in [3.63, 3.8) is 0 Å². The van der Waals surface area contributed by atoms with Crippen molar-refractivity contribution in [1.82, 2.24) is 19.8 Å². The number of hydrogen-bond donors (Lipinski definition) is 0. The molecule has 0 N–H and O–H groups in total. The van der Waals surface area contributed by atoms with Crippen molar-refractivity contribution in [2.45, 2.75) is 40.0 Å². The van der Waals surface area contributed by atoms with Crippen molar-refractivity contribution in [2.24, 2.45) is 0 Å². The van der Waals surface area contributed by atoms with Crippen LogP contribution in [0.3, 0.4) is 0 Å². The van der Waals surface area contributed by atoms with Crippen molar-refractivity contribution in [2.75, 3.05) is 32.7 Å². The molecule has 1 aliphatic rings. The van der Waals surface area contributed by atoms with Gasteiger partial charge in [-0.2, -0.15) is 0 Å². The van der Waals surface area contributed by atoms with Crippen LogP contribution in [-0.2, 0) is 0 Å². The maximum Gasteiger partial charge on any atom is 0.274 e. The van der Waals surface area contributed by atoms with E-state index >= 15 is 0 Å². The quantitative estimate of drug-likeness (QED) is 0.744. The summed E-state index contributed by atoms with van der Waals surface area (Å²) >= 11 is 0. The Labute approximate surface area is 151 Å². The molecule has 0 unspecified atom stereocenters. The second-order valence-corrected chi connectivity index (χ2v) is 6.91. The predicted molar refractivity (Wildman–Crippen MR) is 101 cm³/mol. The zero-order valence-corrected chi connectivity index (χ0v) is 15.7. The molecule has 1 aromatic rings. The van der Waals surface area contributed by atoms with Crippen LogP contribution in [0, 0.1) is 0 Å². The number of rotatable bonds is 6. The van der Waals surface area contributed by atoms with E-state index < -0.39 is 0 Å². The standard InChI is InChI=1S/C20H30N4O/c1-17(2)6-4-7-18(3)8-13-23-11-5-12-24(15-14-23)20(25)19-16-21-9-10-22-19/h6,8-10,16H,4-5,7,11-15H2,1-3H3. The summed E-state index contributed by atoms with van der Waals surface area (Å²) in [6, 6.07) is 0. The molecule has 0 aromatic carbocycles. The van der Waals surface area contributed by atoms with Crippen LogP contribution in [0.15, 0.2) is 41.9 Å². The molecule has 0 spiro atoms. The molecule has 0 aliphatic carbocycles. The molecule has 136 valence electrons. The van der Waals surface area contributed by atoms with Gasteiger partial charge < -0.3 is 4.90 Å². The minimum atomic E-state index is -0.0107. The molecular weight excluding hydrogens is 312 g/mol. The zero-order valence-electron chi connectivity index (χ0n) is 15.7. The Balaban J connectivity index is 1.81. The number of allylic oxidation sites excluding steroid dienone is 3. The molecule has 0 saturated carbocycles. The molecule has 0 radical (unpaired) electrons. The lowest BCUT2D eigenvalue weighted by Crippen LogP contribution is -2.35. The van der Waals surface area contributed by atoms with Crippen LogP contribution in [0.1, 0.15) is 50.5 Å². The van der Waals surface area contributed by atoms with Crippen LogP contribution in [0.4, 0.5) is 0 Å². The number of hydrogen-bond acceptors (Lipinski definition) is 4. The van der Waals surface area contributed by atoms with E-state index in [1.54, 1.807) is 18.6 Å². The minimum Gasteiger partial charge on any atom is -0.336 e. The maximum atomic E-state index is 12.5. The van der Waals surface area contributed by atoms with Gasteiger partial charge in [0.15, 0.2) is 0 Å². The van der Waals surface area contributed by atoms with E-state index in [2.05, 4.69) is 47.8 Å². The van der Waals surface area contributed by atoms with E-state index in [-0.39, 0.29) is 5.91 Å². The van der Waals surface area contributed by atoms with Gasteiger partial charge in [0.25, 0.3) is 5.91 Å². The SMILES string of the molecule is CC(C)=CCCC(C)=CCN1CCCN(C(=O)c2cnccn2)CC1.